The summed E-state index contributed by atoms with van der Waals surface area (Å²) in [4.78, 5) is 24.8. The SMILES string of the molecule is CCN(CC(=O)NC(C)C)C(=O)CCCCO. The summed E-state index contributed by atoms with van der Waals surface area (Å²) >= 11 is 0. The van der Waals surface area contributed by atoms with E-state index >= 15 is 0 Å². The molecule has 2 amide bonds. The van der Waals surface area contributed by atoms with Crippen molar-refractivity contribution in [1.29, 1.82) is 0 Å². The highest BCUT2D eigenvalue weighted by Crippen LogP contribution is 2.00. The number of rotatable bonds is 8. The van der Waals surface area contributed by atoms with Crippen LogP contribution >= 0.6 is 0 Å². The molecule has 100 valence electrons. The third-order valence-electron chi connectivity index (χ3n) is 2.32. The lowest BCUT2D eigenvalue weighted by atomic mass is 10.2. The number of carbonyl (C=O) groups excluding carboxylic acids is 2. The highest BCUT2D eigenvalue weighted by atomic mass is 16.3. The molecule has 17 heavy (non-hydrogen) atoms. The number of unbranched alkanes of at least 4 members (excludes halogenated alkanes) is 1. The van der Waals surface area contributed by atoms with Crippen molar-refractivity contribution in [3.8, 4) is 0 Å². The first-order valence-electron chi connectivity index (χ1n) is 6.19. The Balaban J connectivity index is 4.04. The van der Waals surface area contributed by atoms with Crippen LogP contribution in [0.1, 0.15) is 40.0 Å². The number of hydrogen-bond donors (Lipinski definition) is 2. The van der Waals surface area contributed by atoms with E-state index in [1.807, 2.05) is 20.8 Å². The van der Waals surface area contributed by atoms with Crippen molar-refractivity contribution < 1.29 is 14.7 Å². The molecule has 0 rings (SSSR count). The van der Waals surface area contributed by atoms with E-state index in [9.17, 15) is 9.59 Å². The highest BCUT2D eigenvalue weighted by Gasteiger charge is 2.15. The smallest absolute Gasteiger partial charge is 0.239 e. The van der Waals surface area contributed by atoms with Gasteiger partial charge in [0.25, 0.3) is 0 Å². The molecule has 2 N–H and O–H groups in total. The number of nitrogens with zero attached hydrogens (tertiary/aromatic N) is 1. The predicted molar refractivity (Wildman–Crippen MR) is 66.5 cm³/mol. The van der Waals surface area contributed by atoms with Crippen LogP contribution < -0.4 is 5.32 Å². The minimum Gasteiger partial charge on any atom is -0.396 e. The number of aliphatic hydroxyl groups excluding tert-OH is 1. The maximum absolute atomic E-state index is 11.7. The molecule has 0 heterocycles. The lowest BCUT2D eigenvalue weighted by Crippen LogP contribution is -2.42. The van der Waals surface area contributed by atoms with Crippen molar-refractivity contribution in [2.45, 2.75) is 46.1 Å². The van der Waals surface area contributed by atoms with E-state index < -0.39 is 0 Å². The Kier molecular flexibility index (Phi) is 8.40. The van der Waals surface area contributed by atoms with Gasteiger partial charge in [-0.2, -0.15) is 0 Å². The van der Waals surface area contributed by atoms with E-state index in [1.54, 1.807) is 0 Å². The van der Waals surface area contributed by atoms with Crippen molar-refractivity contribution in [3.05, 3.63) is 0 Å². The Labute approximate surface area is 103 Å². The van der Waals surface area contributed by atoms with Crippen LogP contribution in [-0.4, -0.2) is 47.6 Å². The number of aliphatic hydroxyl groups is 1. The Bertz CT molecular complexity index is 242. The zero-order chi connectivity index (χ0) is 13.3. The van der Waals surface area contributed by atoms with Crippen molar-refractivity contribution in [3.63, 3.8) is 0 Å². The fourth-order valence-electron chi connectivity index (χ4n) is 1.46. The minimum atomic E-state index is -0.127. The van der Waals surface area contributed by atoms with Gasteiger partial charge in [-0.25, -0.2) is 0 Å². The molecule has 0 aromatic carbocycles. The van der Waals surface area contributed by atoms with Crippen LogP contribution in [0.2, 0.25) is 0 Å². The van der Waals surface area contributed by atoms with Gasteiger partial charge in [-0.15, -0.1) is 0 Å². The molecule has 5 heteroatoms. The lowest BCUT2D eigenvalue weighted by molar-refractivity contribution is -0.136. The summed E-state index contributed by atoms with van der Waals surface area (Å²) in [7, 11) is 0. The molecule has 0 radical (unpaired) electrons. The Morgan fingerprint density at radius 3 is 2.41 bits per heavy atom. The van der Waals surface area contributed by atoms with Gasteiger partial charge >= 0.3 is 0 Å². The van der Waals surface area contributed by atoms with Crippen molar-refractivity contribution >= 4 is 11.8 Å². The van der Waals surface area contributed by atoms with Gasteiger partial charge in [0.1, 0.15) is 0 Å². The van der Waals surface area contributed by atoms with Gasteiger partial charge < -0.3 is 15.3 Å². The van der Waals surface area contributed by atoms with Crippen molar-refractivity contribution in [2.24, 2.45) is 0 Å². The molecule has 0 aliphatic heterocycles. The summed E-state index contributed by atoms with van der Waals surface area (Å²) in [5, 5.41) is 11.4. The van der Waals surface area contributed by atoms with Gasteiger partial charge in [0.2, 0.25) is 11.8 Å². The number of nitrogens with one attached hydrogen (secondary N) is 1. The molecule has 0 fully saturated rings. The van der Waals surface area contributed by atoms with Crippen molar-refractivity contribution in [2.75, 3.05) is 19.7 Å². The second-order valence-electron chi connectivity index (χ2n) is 4.31. The van der Waals surface area contributed by atoms with Crippen molar-refractivity contribution in [1.82, 2.24) is 10.2 Å². The average molecular weight is 244 g/mol. The third kappa shape index (κ3) is 7.74. The van der Waals surface area contributed by atoms with Crippen LogP contribution in [0, 0.1) is 0 Å². The largest absolute Gasteiger partial charge is 0.396 e. The summed E-state index contributed by atoms with van der Waals surface area (Å²) in [6, 6.07) is 0.0886. The van der Waals surface area contributed by atoms with E-state index in [0.717, 1.165) is 0 Å². The van der Waals surface area contributed by atoms with Gasteiger partial charge in [-0.1, -0.05) is 0 Å². The van der Waals surface area contributed by atoms with Gasteiger partial charge in [-0.05, 0) is 33.6 Å². The first kappa shape index (κ1) is 15.9. The molecule has 0 aromatic rings. The number of hydrogen-bond acceptors (Lipinski definition) is 3. The summed E-state index contributed by atoms with van der Waals surface area (Å²) in [6.07, 6.45) is 1.68. The molecular formula is C12H24N2O3. The Morgan fingerprint density at radius 2 is 1.94 bits per heavy atom. The lowest BCUT2D eigenvalue weighted by Gasteiger charge is -2.21. The first-order valence-corrected chi connectivity index (χ1v) is 6.19. The average Bonchev–Trinajstić information content (AvgIpc) is 2.25. The molecule has 0 spiro atoms. The van der Waals surface area contributed by atoms with E-state index in [0.29, 0.717) is 25.8 Å². The summed E-state index contributed by atoms with van der Waals surface area (Å²) in [6.45, 7) is 6.38. The van der Waals surface area contributed by atoms with Crippen LogP contribution in [0.3, 0.4) is 0 Å². The van der Waals surface area contributed by atoms with Crippen LogP contribution in [-0.2, 0) is 9.59 Å². The third-order valence-corrected chi connectivity index (χ3v) is 2.32. The fourth-order valence-corrected chi connectivity index (χ4v) is 1.46. The normalized spacial score (nSPS) is 10.4. The van der Waals surface area contributed by atoms with Crippen LogP contribution in [0.25, 0.3) is 0 Å². The maximum atomic E-state index is 11.7. The quantitative estimate of drug-likeness (QED) is 0.612. The topological polar surface area (TPSA) is 69.6 Å². The van der Waals surface area contributed by atoms with E-state index in [1.165, 1.54) is 4.90 Å². The summed E-state index contributed by atoms with van der Waals surface area (Å²) in [5.74, 6) is -0.155. The molecule has 0 aromatic heterocycles. The van der Waals surface area contributed by atoms with Crippen LogP contribution in [0.15, 0.2) is 0 Å². The Morgan fingerprint density at radius 1 is 1.29 bits per heavy atom. The molecule has 0 bridgehead atoms. The number of amides is 2. The summed E-state index contributed by atoms with van der Waals surface area (Å²) < 4.78 is 0. The molecular weight excluding hydrogens is 220 g/mol. The predicted octanol–water partition coefficient (Wildman–Crippen LogP) is 0.522. The standard InChI is InChI=1S/C12H24N2O3/c1-4-14(9-11(16)13-10(2)3)12(17)7-5-6-8-15/h10,15H,4-9H2,1-3H3,(H,13,16). The first-order chi connectivity index (χ1) is 8.01. The fraction of sp³-hybridized carbons (Fsp3) is 0.833. The molecule has 0 saturated carbocycles. The minimum absolute atomic E-state index is 0.0279. The molecule has 0 aliphatic carbocycles. The van der Waals surface area contributed by atoms with E-state index in [-0.39, 0.29) is 31.0 Å². The van der Waals surface area contributed by atoms with E-state index in [2.05, 4.69) is 5.32 Å². The zero-order valence-corrected chi connectivity index (χ0v) is 11.0. The summed E-state index contributed by atoms with van der Waals surface area (Å²) in [5.41, 5.74) is 0. The van der Waals surface area contributed by atoms with Gasteiger partial charge in [0.15, 0.2) is 0 Å². The second kappa shape index (κ2) is 8.98. The highest BCUT2D eigenvalue weighted by molar-refractivity contribution is 5.84. The maximum Gasteiger partial charge on any atom is 0.239 e. The van der Waals surface area contributed by atoms with E-state index in [4.69, 9.17) is 5.11 Å². The second-order valence-corrected chi connectivity index (χ2v) is 4.31. The van der Waals surface area contributed by atoms with Crippen LogP contribution in [0.4, 0.5) is 0 Å². The van der Waals surface area contributed by atoms with Crippen LogP contribution in [0.5, 0.6) is 0 Å². The molecule has 0 unspecified atom stereocenters. The molecule has 0 saturated heterocycles. The molecule has 0 atom stereocenters. The molecule has 5 nitrogen and oxygen atoms in total. The Hall–Kier alpha value is -1.10. The van der Waals surface area contributed by atoms with Gasteiger partial charge in [-0.3, -0.25) is 9.59 Å². The van der Waals surface area contributed by atoms with Gasteiger partial charge in [0.05, 0.1) is 6.54 Å². The zero-order valence-electron chi connectivity index (χ0n) is 11.0. The monoisotopic (exact) mass is 244 g/mol. The number of carbonyl (C=O) groups is 2. The number of likely N-dealkylation sites (N-methyl/N-ethyl adjacent to an activating group) is 1. The van der Waals surface area contributed by atoms with Gasteiger partial charge in [0, 0.05) is 25.6 Å². The molecule has 0 aliphatic rings.